The van der Waals surface area contributed by atoms with Gasteiger partial charge in [0.25, 0.3) is 5.91 Å². The van der Waals surface area contributed by atoms with E-state index in [0.717, 1.165) is 6.42 Å². The van der Waals surface area contributed by atoms with Gasteiger partial charge in [0.2, 0.25) is 5.91 Å². The third-order valence-corrected chi connectivity index (χ3v) is 6.04. The zero-order chi connectivity index (χ0) is 23.1. The Balaban J connectivity index is 2.24. The lowest BCUT2D eigenvalue weighted by Crippen LogP contribution is -2.50. The van der Waals surface area contributed by atoms with Gasteiger partial charge < -0.3 is 15.0 Å². The van der Waals surface area contributed by atoms with Crippen molar-refractivity contribution in [2.75, 3.05) is 6.61 Å². The summed E-state index contributed by atoms with van der Waals surface area (Å²) >= 11 is 24.6. The van der Waals surface area contributed by atoms with Crippen LogP contribution in [0.15, 0.2) is 36.4 Å². The summed E-state index contributed by atoms with van der Waals surface area (Å²) in [6.07, 6.45) is 0.765. The third kappa shape index (κ3) is 7.18. The van der Waals surface area contributed by atoms with Crippen molar-refractivity contribution in [3.05, 3.63) is 62.1 Å². The zero-order valence-corrected chi connectivity index (χ0v) is 20.4. The van der Waals surface area contributed by atoms with E-state index in [0.29, 0.717) is 26.4 Å². The van der Waals surface area contributed by atoms with Gasteiger partial charge in [0.1, 0.15) is 11.8 Å². The van der Waals surface area contributed by atoms with Crippen molar-refractivity contribution in [3.63, 3.8) is 0 Å². The highest BCUT2D eigenvalue weighted by atomic mass is 35.5. The zero-order valence-electron chi connectivity index (χ0n) is 17.4. The summed E-state index contributed by atoms with van der Waals surface area (Å²) < 4.78 is 5.59. The van der Waals surface area contributed by atoms with Crippen LogP contribution in [0.1, 0.15) is 32.8 Å². The van der Waals surface area contributed by atoms with Gasteiger partial charge in [-0.1, -0.05) is 59.4 Å². The Labute approximate surface area is 202 Å². The fraction of sp³-hybridized carbons (Fsp3) is 0.364. The number of hydrogen-bond acceptors (Lipinski definition) is 3. The third-order valence-electron chi connectivity index (χ3n) is 4.80. The van der Waals surface area contributed by atoms with Crippen molar-refractivity contribution in [2.45, 2.75) is 45.8 Å². The summed E-state index contributed by atoms with van der Waals surface area (Å²) in [5, 5.41) is 4.44. The summed E-state index contributed by atoms with van der Waals surface area (Å²) in [4.78, 5) is 27.2. The normalized spacial score (nSPS) is 12.7. The number of nitrogens with zero attached hydrogens (tertiary/aromatic N) is 1. The molecule has 0 aliphatic rings. The van der Waals surface area contributed by atoms with E-state index >= 15 is 0 Å². The number of carbonyl (C=O) groups is 2. The van der Waals surface area contributed by atoms with Gasteiger partial charge in [-0.05, 0) is 50.6 Å². The molecular formula is C22H24Cl4N2O3. The Morgan fingerprint density at radius 1 is 1.03 bits per heavy atom. The van der Waals surface area contributed by atoms with Crippen molar-refractivity contribution in [1.29, 1.82) is 0 Å². The maximum atomic E-state index is 13.1. The molecule has 9 heteroatoms. The van der Waals surface area contributed by atoms with Crippen LogP contribution >= 0.6 is 46.4 Å². The molecule has 0 saturated heterocycles. The molecule has 0 aliphatic carbocycles. The number of halogens is 4. The van der Waals surface area contributed by atoms with Crippen LogP contribution in [0.4, 0.5) is 0 Å². The van der Waals surface area contributed by atoms with E-state index in [4.69, 9.17) is 51.1 Å². The fourth-order valence-corrected chi connectivity index (χ4v) is 3.70. The first kappa shape index (κ1) is 25.6. The molecule has 0 aliphatic heterocycles. The molecule has 2 aromatic carbocycles. The highest BCUT2D eigenvalue weighted by Gasteiger charge is 2.28. The van der Waals surface area contributed by atoms with Gasteiger partial charge in [-0.3, -0.25) is 9.59 Å². The molecule has 0 radical (unpaired) electrons. The summed E-state index contributed by atoms with van der Waals surface area (Å²) in [7, 11) is 0. The van der Waals surface area contributed by atoms with E-state index in [2.05, 4.69) is 5.32 Å². The number of carbonyl (C=O) groups excluding carboxylic acids is 2. The van der Waals surface area contributed by atoms with Crippen molar-refractivity contribution in [3.8, 4) is 5.75 Å². The van der Waals surface area contributed by atoms with Crippen molar-refractivity contribution >= 4 is 58.2 Å². The van der Waals surface area contributed by atoms with Crippen LogP contribution in [-0.4, -0.2) is 35.4 Å². The lowest BCUT2D eigenvalue weighted by atomic mass is 10.1. The SMILES string of the molecule is CC[C@@H](C)NC(=O)[C@H](C)N(Cc1c(Cl)cccc1Cl)C(=O)COc1ccc(Cl)cc1Cl. The molecule has 168 valence electrons. The smallest absolute Gasteiger partial charge is 0.261 e. The van der Waals surface area contributed by atoms with Gasteiger partial charge >= 0.3 is 0 Å². The van der Waals surface area contributed by atoms with Crippen LogP contribution in [0.25, 0.3) is 0 Å². The van der Waals surface area contributed by atoms with Crippen LogP contribution < -0.4 is 10.1 Å². The van der Waals surface area contributed by atoms with Crippen molar-refractivity contribution < 1.29 is 14.3 Å². The lowest BCUT2D eigenvalue weighted by Gasteiger charge is -2.30. The first-order valence-electron chi connectivity index (χ1n) is 9.74. The van der Waals surface area contributed by atoms with Gasteiger partial charge in [0, 0.05) is 33.2 Å². The summed E-state index contributed by atoms with van der Waals surface area (Å²) in [5.74, 6) is -0.393. The van der Waals surface area contributed by atoms with Crippen LogP contribution in [0.5, 0.6) is 5.75 Å². The average molecular weight is 506 g/mol. The second kappa shape index (κ2) is 11.8. The maximum absolute atomic E-state index is 13.1. The number of benzene rings is 2. The van der Waals surface area contributed by atoms with E-state index in [-0.39, 0.29) is 30.1 Å². The monoisotopic (exact) mass is 504 g/mol. The molecule has 0 saturated carbocycles. The highest BCUT2D eigenvalue weighted by Crippen LogP contribution is 2.29. The molecule has 2 amide bonds. The van der Waals surface area contributed by atoms with Gasteiger partial charge in [0.05, 0.1) is 5.02 Å². The molecule has 0 heterocycles. The van der Waals surface area contributed by atoms with Crippen LogP contribution in [-0.2, 0) is 16.1 Å². The maximum Gasteiger partial charge on any atom is 0.261 e. The molecule has 0 spiro atoms. The average Bonchev–Trinajstić information content (AvgIpc) is 2.72. The molecular weight excluding hydrogens is 482 g/mol. The number of rotatable bonds is 9. The quantitative estimate of drug-likeness (QED) is 0.453. The molecule has 2 rings (SSSR count). The van der Waals surface area contributed by atoms with E-state index in [1.807, 2.05) is 13.8 Å². The molecule has 0 aromatic heterocycles. The number of nitrogens with one attached hydrogen (secondary N) is 1. The van der Waals surface area contributed by atoms with Crippen LogP contribution in [0.2, 0.25) is 20.1 Å². The molecule has 0 fully saturated rings. The second-order valence-corrected chi connectivity index (χ2v) is 8.74. The number of ether oxygens (including phenoxy) is 1. The molecule has 0 bridgehead atoms. The van der Waals surface area contributed by atoms with E-state index in [9.17, 15) is 9.59 Å². The molecule has 31 heavy (non-hydrogen) atoms. The van der Waals surface area contributed by atoms with Gasteiger partial charge in [0.15, 0.2) is 6.61 Å². The van der Waals surface area contributed by atoms with Crippen molar-refractivity contribution in [1.82, 2.24) is 10.2 Å². The molecule has 2 aromatic rings. The molecule has 5 nitrogen and oxygen atoms in total. The Morgan fingerprint density at radius 2 is 1.68 bits per heavy atom. The molecule has 1 N–H and O–H groups in total. The van der Waals surface area contributed by atoms with Gasteiger partial charge in [-0.25, -0.2) is 0 Å². The topological polar surface area (TPSA) is 58.6 Å². The van der Waals surface area contributed by atoms with E-state index < -0.39 is 11.9 Å². The summed E-state index contributed by atoms with van der Waals surface area (Å²) in [6, 6.07) is 8.97. The number of amides is 2. The fourth-order valence-electron chi connectivity index (χ4n) is 2.72. The lowest BCUT2D eigenvalue weighted by molar-refractivity contribution is -0.142. The summed E-state index contributed by atoms with van der Waals surface area (Å²) in [5.41, 5.74) is 0.548. The minimum Gasteiger partial charge on any atom is -0.482 e. The Hall–Kier alpha value is -1.66. The minimum atomic E-state index is -0.780. The van der Waals surface area contributed by atoms with Crippen LogP contribution in [0.3, 0.4) is 0 Å². The first-order valence-corrected chi connectivity index (χ1v) is 11.3. The standard InChI is InChI=1S/C22H24Cl4N2O3/c1-4-13(2)27-22(30)14(3)28(11-16-17(24)6-5-7-18(16)25)21(29)12-31-20-9-8-15(23)10-19(20)26/h5-10,13-14H,4,11-12H2,1-3H3,(H,27,30)/t13-,14+/m1/s1. The van der Waals surface area contributed by atoms with Gasteiger partial charge in [-0.15, -0.1) is 0 Å². The van der Waals surface area contributed by atoms with E-state index in [1.165, 1.54) is 11.0 Å². The minimum absolute atomic E-state index is 0.0278. The molecule has 2 atom stereocenters. The van der Waals surface area contributed by atoms with E-state index in [1.54, 1.807) is 37.3 Å². The Kier molecular flexibility index (Phi) is 9.76. The first-order chi connectivity index (χ1) is 14.6. The largest absolute Gasteiger partial charge is 0.482 e. The molecule has 0 unspecified atom stereocenters. The summed E-state index contributed by atoms with van der Waals surface area (Å²) in [6.45, 7) is 5.23. The predicted molar refractivity (Wildman–Crippen MR) is 126 cm³/mol. The second-order valence-electron chi connectivity index (χ2n) is 7.08. The highest BCUT2D eigenvalue weighted by molar-refractivity contribution is 6.36. The van der Waals surface area contributed by atoms with Crippen LogP contribution in [0, 0.1) is 0 Å². The van der Waals surface area contributed by atoms with Crippen molar-refractivity contribution in [2.24, 2.45) is 0 Å². The Bertz CT molecular complexity index is 919. The predicted octanol–water partition coefficient (Wildman–Crippen LogP) is 6.01. The number of hydrogen-bond donors (Lipinski definition) is 1. The Morgan fingerprint density at radius 3 is 2.26 bits per heavy atom. The van der Waals surface area contributed by atoms with Gasteiger partial charge in [-0.2, -0.15) is 0 Å².